The molecular formula is C21H31Cl2N3. The minimum atomic E-state index is 0. The average molecular weight is 396 g/mol. The molecule has 1 saturated carbocycles. The molecule has 5 heteroatoms. The van der Waals surface area contributed by atoms with Crippen LogP contribution in [0.25, 0.3) is 6.08 Å². The summed E-state index contributed by atoms with van der Waals surface area (Å²) in [7, 11) is 0. The van der Waals surface area contributed by atoms with Crippen LogP contribution >= 0.6 is 24.8 Å². The Hall–Kier alpha value is -1.05. The van der Waals surface area contributed by atoms with E-state index in [1.807, 2.05) is 0 Å². The molecule has 1 heterocycles. The van der Waals surface area contributed by atoms with Gasteiger partial charge in [0.1, 0.15) is 0 Å². The summed E-state index contributed by atoms with van der Waals surface area (Å²) in [5.74, 6) is 1.53. The van der Waals surface area contributed by atoms with Gasteiger partial charge in [0.25, 0.3) is 0 Å². The number of likely N-dealkylation sites (tertiary alicyclic amines) is 1. The standard InChI is InChI=1S/C21H29N3.2ClH/c1-17(14-18-6-3-2-4-7-18)20-15-21(20)23-16-19-8-12-24(13-9-19)11-5-10-22;;/h2-4,6-7,14,19-21,23H,5,8-9,11-13,15-16H2,1H3;2*1H/b17-14+;;/t20-,21+;;/m0../s1. The highest BCUT2D eigenvalue weighted by Crippen LogP contribution is 2.38. The minimum absolute atomic E-state index is 0. The van der Waals surface area contributed by atoms with Gasteiger partial charge in [0, 0.05) is 19.0 Å². The molecule has 2 fully saturated rings. The van der Waals surface area contributed by atoms with Crippen molar-refractivity contribution in [3.63, 3.8) is 0 Å². The molecule has 0 unspecified atom stereocenters. The molecule has 26 heavy (non-hydrogen) atoms. The van der Waals surface area contributed by atoms with Crippen molar-refractivity contribution >= 4 is 30.9 Å². The summed E-state index contributed by atoms with van der Waals surface area (Å²) in [6.45, 7) is 6.70. The predicted octanol–water partition coefficient (Wildman–Crippen LogP) is 4.54. The Morgan fingerprint density at radius 1 is 1.23 bits per heavy atom. The highest BCUT2D eigenvalue weighted by Gasteiger charge is 2.38. The van der Waals surface area contributed by atoms with E-state index in [9.17, 15) is 0 Å². The number of piperidine rings is 1. The summed E-state index contributed by atoms with van der Waals surface area (Å²) in [6, 6.07) is 13.6. The van der Waals surface area contributed by atoms with Crippen molar-refractivity contribution in [2.24, 2.45) is 11.8 Å². The Balaban J connectivity index is 0.00000169. The van der Waals surface area contributed by atoms with Crippen molar-refractivity contribution in [1.82, 2.24) is 10.2 Å². The smallest absolute Gasteiger partial charge is 0.0635 e. The van der Waals surface area contributed by atoms with Gasteiger partial charge in [0.05, 0.1) is 6.07 Å². The fourth-order valence-corrected chi connectivity index (χ4v) is 3.78. The summed E-state index contributed by atoms with van der Waals surface area (Å²) in [4.78, 5) is 2.44. The van der Waals surface area contributed by atoms with Crippen molar-refractivity contribution in [3.05, 3.63) is 41.5 Å². The Morgan fingerprint density at radius 3 is 2.58 bits per heavy atom. The molecule has 0 spiro atoms. The predicted molar refractivity (Wildman–Crippen MR) is 114 cm³/mol. The molecule has 1 N–H and O–H groups in total. The Labute approximate surface area is 170 Å². The van der Waals surface area contributed by atoms with E-state index in [-0.39, 0.29) is 24.8 Å². The van der Waals surface area contributed by atoms with Gasteiger partial charge in [-0.3, -0.25) is 0 Å². The topological polar surface area (TPSA) is 39.1 Å². The van der Waals surface area contributed by atoms with E-state index in [0.717, 1.165) is 38.0 Å². The molecular weight excluding hydrogens is 365 g/mol. The van der Waals surface area contributed by atoms with Gasteiger partial charge in [-0.1, -0.05) is 42.0 Å². The van der Waals surface area contributed by atoms with Crippen LogP contribution in [0.4, 0.5) is 0 Å². The molecule has 0 amide bonds. The van der Waals surface area contributed by atoms with Crippen LogP contribution in [0.2, 0.25) is 0 Å². The monoisotopic (exact) mass is 395 g/mol. The number of hydrogen-bond donors (Lipinski definition) is 1. The van der Waals surface area contributed by atoms with Crippen LogP contribution < -0.4 is 5.32 Å². The average Bonchev–Trinajstić information content (AvgIpc) is 3.40. The summed E-state index contributed by atoms with van der Waals surface area (Å²) in [6.07, 6.45) is 6.83. The maximum absolute atomic E-state index is 8.67. The lowest BCUT2D eigenvalue weighted by Crippen LogP contribution is -2.38. The van der Waals surface area contributed by atoms with Gasteiger partial charge in [-0.15, -0.1) is 24.8 Å². The molecule has 1 aromatic carbocycles. The summed E-state index contributed by atoms with van der Waals surface area (Å²) < 4.78 is 0. The lowest BCUT2D eigenvalue weighted by molar-refractivity contribution is 0.185. The van der Waals surface area contributed by atoms with Crippen LogP contribution in [0.15, 0.2) is 35.9 Å². The molecule has 1 aliphatic heterocycles. The second-order valence-electron chi connectivity index (χ2n) is 7.35. The molecule has 2 aliphatic rings. The summed E-state index contributed by atoms with van der Waals surface area (Å²) >= 11 is 0. The number of rotatable bonds is 7. The van der Waals surface area contributed by atoms with Crippen LogP contribution in [0, 0.1) is 23.2 Å². The molecule has 0 radical (unpaired) electrons. The maximum Gasteiger partial charge on any atom is 0.0635 e. The van der Waals surface area contributed by atoms with E-state index < -0.39 is 0 Å². The number of nitrogens with zero attached hydrogens (tertiary/aromatic N) is 2. The van der Waals surface area contributed by atoms with E-state index in [0.29, 0.717) is 12.5 Å². The van der Waals surface area contributed by atoms with Gasteiger partial charge in [-0.25, -0.2) is 0 Å². The Bertz CT molecular complexity index is 589. The fourth-order valence-electron chi connectivity index (χ4n) is 3.78. The zero-order valence-electron chi connectivity index (χ0n) is 15.6. The lowest BCUT2D eigenvalue weighted by atomic mass is 9.96. The van der Waals surface area contributed by atoms with Gasteiger partial charge in [0.15, 0.2) is 0 Å². The van der Waals surface area contributed by atoms with Gasteiger partial charge >= 0.3 is 0 Å². The van der Waals surface area contributed by atoms with E-state index >= 15 is 0 Å². The molecule has 1 saturated heterocycles. The van der Waals surface area contributed by atoms with Crippen LogP contribution in [-0.2, 0) is 0 Å². The summed E-state index contributed by atoms with van der Waals surface area (Å²) in [5.41, 5.74) is 2.82. The van der Waals surface area contributed by atoms with Crippen molar-refractivity contribution in [2.45, 2.75) is 38.6 Å². The molecule has 3 nitrogen and oxygen atoms in total. The number of halogens is 2. The highest BCUT2D eigenvalue weighted by atomic mass is 35.5. The van der Waals surface area contributed by atoms with Crippen molar-refractivity contribution in [1.29, 1.82) is 5.26 Å². The number of hydrogen-bond acceptors (Lipinski definition) is 3. The quantitative estimate of drug-likeness (QED) is 0.736. The fraction of sp³-hybridized carbons (Fsp3) is 0.571. The maximum atomic E-state index is 8.67. The second kappa shape index (κ2) is 11.6. The molecule has 2 atom stereocenters. The van der Waals surface area contributed by atoms with Crippen LogP contribution in [0.1, 0.15) is 38.2 Å². The van der Waals surface area contributed by atoms with Gasteiger partial charge in [0.2, 0.25) is 0 Å². The van der Waals surface area contributed by atoms with E-state index in [2.05, 4.69) is 59.6 Å². The summed E-state index contributed by atoms with van der Waals surface area (Å²) in [5, 5.41) is 12.5. The zero-order chi connectivity index (χ0) is 16.8. The lowest BCUT2D eigenvalue weighted by Gasteiger charge is -2.31. The van der Waals surface area contributed by atoms with Crippen molar-refractivity contribution < 1.29 is 0 Å². The van der Waals surface area contributed by atoms with Crippen molar-refractivity contribution in [2.75, 3.05) is 26.2 Å². The first-order chi connectivity index (χ1) is 11.8. The number of nitrogens with one attached hydrogen (secondary N) is 1. The normalized spacial score (nSPS) is 23.5. The molecule has 0 bridgehead atoms. The highest BCUT2D eigenvalue weighted by molar-refractivity contribution is 5.85. The molecule has 0 aromatic heterocycles. The zero-order valence-corrected chi connectivity index (χ0v) is 17.2. The number of benzene rings is 1. The molecule has 144 valence electrons. The van der Waals surface area contributed by atoms with E-state index in [1.165, 1.54) is 30.4 Å². The molecule has 1 aromatic rings. The largest absolute Gasteiger partial charge is 0.313 e. The van der Waals surface area contributed by atoms with Gasteiger partial charge in [-0.2, -0.15) is 5.26 Å². The van der Waals surface area contributed by atoms with Crippen LogP contribution in [-0.4, -0.2) is 37.1 Å². The Kier molecular flexibility index (Phi) is 10.3. The Morgan fingerprint density at radius 2 is 1.92 bits per heavy atom. The van der Waals surface area contributed by atoms with E-state index in [1.54, 1.807) is 0 Å². The number of nitriles is 1. The van der Waals surface area contributed by atoms with Crippen LogP contribution in [0.5, 0.6) is 0 Å². The van der Waals surface area contributed by atoms with Crippen molar-refractivity contribution in [3.8, 4) is 6.07 Å². The molecule has 3 rings (SSSR count). The first-order valence-corrected chi connectivity index (χ1v) is 9.32. The third-order valence-electron chi connectivity index (χ3n) is 5.48. The first-order valence-electron chi connectivity index (χ1n) is 9.32. The second-order valence-corrected chi connectivity index (χ2v) is 7.35. The minimum Gasteiger partial charge on any atom is -0.313 e. The third-order valence-corrected chi connectivity index (χ3v) is 5.48. The molecule has 1 aliphatic carbocycles. The SMILES string of the molecule is C/C(=C\c1ccccc1)[C@@H]1C[C@H]1NCC1CCN(CCC#N)CC1.Cl.Cl. The van der Waals surface area contributed by atoms with Crippen LogP contribution in [0.3, 0.4) is 0 Å². The van der Waals surface area contributed by atoms with E-state index in [4.69, 9.17) is 5.26 Å². The van der Waals surface area contributed by atoms with Gasteiger partial charge in [-0.05, 0) is 63.2 Å². The first kappa shape index (κ1) is 23.0. The third kappa shape index (κ3) is 6.93. The van der Waals surface area contributed by atoms with Gasteiger partial charge < -0.3 is 10.2 Å².